The number of rotatable bonds is 0. The number of aromatic nitrogens is 3. The van der Waals surface area contributed by atoms with Crippen molar-refractivity contribution in [2.24, 2.45) is 5.73 Å². The highest BCUT2D eigenvalue weighted by molar-refractivity contribution is 6.29. The van der Waals surface area contributed by atoms with Crippen LogP contribution in [0.2, 0.25) is 5.15 Å². The molecule has 0 spiro atoms. The van der Waals surface area contributed by atoms with Gasteiger partial charge in [0.2, 0.25) is 0 Å². The van der Waals surface area contributed by atoms with Gasteiger partial charge in [-0.3, -0.25) is 4.90 Å². The van der Waals surface area contributed by atoms with E-state index in [0.717, 1.165) is 9.42 Å². The minimum atomic E-state index is -4.54. The van der Waals surface area contributed by atoms with Crippen LogP contribution in [0.25, 0.3) is 5.65 Å². The Kier molecular flexibility index (Phi) is 2.58. The molecule has 2 N–H and O–H groups in total. The molecule has 0 saturated carbocycles. The fraction of sp³-hybridized carbons (Fsp3) is 0.300. The number of nitrogens with zero attached hydrogens (tertiary/aromatic N) is 4. The van der Waals surface area contributed by atoms with Crippen LogP contribution in [-0.4, -0.2) is 33.4 Å². The normalized spacial score (nSPS) is 18.6. The van der Waals surface area contributed by atoms with Crippen molar-refractivity contribution in [2.75, 3.05) is 11.4 Å². The van der Waals surface area contributed by atoms with E-state index in [0.29, 0.717) is 0 Å². The molecule has 20 heavy (non-hydrogen) atoms. The Hall–Kier alpha value is -2.03. The van der Waals surface area contributed by atoms with Crippen molar-refractivity contribution >= 4 is 29.0 Å². The van der Waals surface area contributed by atoms with E-state index in [9.17, 15) is 18.0 Å². The van der Waals surface area contributed by atoms with Crippen molar-refractivity contribution in [3.63, 3.8) is 0 Å². The summed E-state index contributed by atoms with van der Waals surface area (Å²) < 4.78 is 40.4. The highest BCUT2D eigenvalue weighted by Crippen LogP contribution is 2.44. The van der Waals surface area contributed by atoms with Crippen LogP contribution in [0.15, 0.2) is 12.3 Å². The maximum atomic E-state index is 13.1. The Labute approximate surface area is 114 Å². The minimum Gasteiger partial charge on any atom is -0.351 e. The molecular weight excluding hydrogens is 299 g/mol. The molecule has 0 unspecified atom stereocenters. The summed E-state index contributed by atoms with van der Waals surface area (Å²) in [5, 5.41) is 3.80. The molecule has 1 aliphatic heterocycles. The average molecular weight is 306 g/mol. The summed E-state index contributed by atoms with van der Waals surface area (Å²) in [7, 11) is 0. The molecule has 2 aromatic heterocycles. The van der Waals surface area contributed by atoms with Crippen LogP contribution >= 0.6 is 11.6 Å². The lowest BCUT2D eigenvalue weighted by atomic mass is 10.1. The largest absolute Gasteiger partial charge is 0.399 e. The number of alkyl halides is 3. The van der Waals surface area contributed by atoms with Crippen molar-refractivity contribution in [3.05, 3.63) is 23.1 Å². The van der Waals surface area contributed by atoms with Crippen LogP contribution in [0.1, 0.15) is 11.6 Å². The Balaban J connectivity index is 2.29. The first kappa shape index (κ1) is 13.0. The molecule has 0 aromatic carbocycles. The van der Waals surface area contributed by atoms with E-state index in [1.54, 1.807) is 0 Å². The van der Waals surface area contributed by atoms with E-state index in [4.69, 9.17) is 17.3 Å². The van der Waals surface area contributed by atoms with E-state index in [2.05, 4.69) is 10.1 Å². The van der Waals surface area contributed by atoms with Crippen molar-refractivity contribution in [3.8, 4) is 0 Å². The zero-order valence-electron chi connectivity index (χ0n) is 9.73. The maximum Gasteiger partial charge on any atom is 0.399 e. The summed E-state index contributed by atoms with van der Waals surface area (Å²) in [5.41, 5.74) is 5.08. The lowest BCUT2D eigenvalue weighted by molar-refractivity contribution is -0.147. The van der Waals surface area contributed by atoms with Crippen molar-refractivity contribution < 1.29 is 18.0 Å². The second-order valence-corrected chi connectivity index (χ2v) is 4.70. The third-order valence-electron chi connectivity index (χ3n) is 3.12. The summed E-state index contributed by atoms with van der Waals surface area (Å²) in [6.45, 7) is -0.591. The first-order chi connectivity index (χ1) is 9.29. The molecule has 2 aromatic rings. The molecule has 0 radical (unpaired) electrons. The molecule has 0 fully saturated rings. The van der Waals surface area contributed by atoms with E-state index >= 15 is 0 Å². The van der Waals surface area contributed by atoms with Crippen LogP contribution in [0.4, 0.5) is 23.7 Å². The quantitative estimate of drug-likeness (QED) is 0.808. The van der Waals surface area contributed by atoms with Gasteiger partial charge in [0.15, 0.2) is 10.8 Å². The zero-order valence-corrected chi connectivity index (χ0v) is 10.5. The highest BCUT2D eigenvalue weighted by atomic mass is 35.5. The van der Waals surface area contributed by atoms with Gasteiger partial charge in [0.1, 0.15) is 5.92 Å². The molecule has 0 saturated heterocycles. The van der Waals surface area contributed by atoms with Gasteiger partial charge >= 0.3 is 12.2 Å². The number of primary amides is 1. The van der Waals surface area contributed by atoms with Gasteiger partial charge in [0.25, 0.3) is 0 Å². The molecule has 0 bridgehead atoms. The number of amides is 2. The fourth-order valence-electron chi connectivity index (χ4n) is 2.28. The monoisotopic (exact) mass is 305 g/mol. The predicted molar refractivity (Wildman–Crippen MR) is 63.7 cm³/mol. The van der Waals surface area contributed by atoms with Gasteiger partial charge in [-0.2, -0.15) is 18.3 Å². The second-order valence-electron chi connectivity index (χ2n) is 4.31. The van der Waals surface area contributed by atoms with E-state index in [1.807, 2.05) is 0 Å². The number of anilines is 1. The average Bonchev–Trinajstić information content (AvgIpc) is 2.86. The van der Waals surface area contributed by atoms with Crippen LogP contribution < -0.4 is 10.6 Å². The van der Waals surface area contributed by atoms with Gasteiger partial charge in [-0.15, -0.1) is 0 Å². The third kappa shape index (κ3) is 1.77. The number of fused-ring (bicyclic) bond motifs is 3. The first-order valence-electron chi connectivity index (χ1n) is 5.47. The molecular formula is C10H7ClF3N5O. The van der Waals surface area contributed by atoms with Crippen LogP contribution in [0.5, 0.6) is 0 Å². The maximum absolute atomic E-state index is 13.1. The predicted octanol–water partition coefficient (Wildman–Crippen LogP) is 1.93. The van der Waals surface area contributed by atoms with E-state index in [-0.39, 0.29) is 22.2 Å². The molecule has 6 nitrogen and oxygen atoms in total. The molecule has 1 aliphatic rings. The number of carbonyl (C=O) groups is 1. The van der Waals surface area contributed by atoms with Gasteiger partial charge in [-0.05, 0) is 0 Å². The summed E-state index contributed by atoms with van der Waals surface area (Å²) in [5.74, 6) is -1.88. The number of nitrogens with two attached hydrogens (primary N) is 1. The Morgan fingerprint density at radius 3 is 2.80 bits per heavy atom. The highest BCUT2D eigenvalue weighted by Gasteiger charge is 2.50. The van der Waals surface area contributed by atoms with Gasteiger partial charge in [0, 0.05) is 12.6 Å². The van der Waals surface area contributed by atoms with Gasteiger partial charge in [-0.25, -0.2) is 14.3 Å². The van der Waals surface area contributed by atoms with Crippen LogP contribution in [-0.2, 0) is 0 Å². The third-order valence-corrected chi connectivity index (χ3v) is 3.30. The Morgan fingerprint density at radius 1 is 1.50 bits per heavy atom. The second kappa shape index (κ2) is 3.98. The van der Waals surface area contributed by atoms with Gasteiger partial charge in [0.05, 0.1) is 17.6 Å². The zero-order chi connectivity index (χ0) is 14.7. The molecule has 2 amide bonds. The summed E-state index contributed by atoms with van der Waals surface area (Å²) in [4.78, 5) is 16.0. The molecule has 106 valence electrons. The smallest absolute Gasteiger partial charge is 0.351 e. The Morgan fingerprint density at radius 2 is 2.20 bits per heavy atom. The Bertz CT molecular complexity index is 713. The standard InChI is InChI=1S/C10H7ClF3N5O/c11-6-1-7-16-2-5-8(19(7)17-6)4(10(12,13)14)3-18(5)9(15)20/h1-2,4H,3H2,(H2,15,20)/t4-/m1/s1. The number of hydrogen-bond acceptors (Lipinski definition) is 3. The molecule has 1 atom stereocenters. The molecule has 0 aliphatic carbocycles. The molecule has 3 rings (SSSR count). The first-order valence-corrected chi connectivity index (χ1v) is 5.84. The lowest BCUT2D eigenvalue weighted by Gasteiger charge is -2.16. The van der Waals surface area contributed by atoms with E-state index < -0.39 is 24.7 Å². The SMILES string of the molecule is NC(=O)N1C[C@@H](C(F)(F)F)c2c1cnc1cc(Cl)nn21. The van der Waals surface area contributed by atoms with Crippen LogP contribution in [0, 0.1) is 0 Å². The molecule has 10 heteroatoms. The summed E-state index contributed by atoms with van der Waals surface area (Å²) in [6, 6.07) is 0.361. The number of hydrogen-bond donors (Lipinski definition) is 1. The van der Waals surface area contributed by atoms with E-state index in [1.165, 1.54) is 12.3 Å². The van der Waals surface area contributed by atoms with Crippen molar-refractivity contribution in [2.45, 2.75) is 12.1 Å². The summed E-state index contributed by atoms with van der Waals surface area (Å²) >= 11 is 5.69. The van der Waals surface area contributed by atoms with Crippen LogP contribution in [0.3, 0.4) is 0 Å². The molecule has 3 heterocycles. The topological polar surface area (TPSA) is 76.5 Å². The lowest BCUT2D eigenvalue weighted by Crippen LogP contribution is -2.36. The van der Waals surface area contributed by atoms with Gasteiger partial charge < -0.3 is 5.73 Å². The van der Waals surface area contributed by atoms with Gasteiger partial charge in [-0.1, -0.05) is 11.6 Å². The van der Waals surface area contributed by atoms with Crippen molar-refractivity contribution in [1.29, 1.82) is 0 Å². The fourth-order valence-corrected chi connectivity index (χ4v) is 2.46. The summed E-state index contributed by atoms with van der Waals surface area (Å²) in [6.07, 6.45) is -3.37. The number of halogens is 4. The van der Waals surface area contributed by atoms with Crippen molar-refractivity contribution in [1.82, 2.24) is 14.6 Å². The minimum absolute atomic E-state index is 0.00732. The number of carbonyl (C=O) groups excluding carboxylic acids is 1. The number of urea groups is 1.